The van der Waals surface area contributed by atoms with Crippen molar-refractivity contribution in [3.63, 3.8) is 0 Å². The molecule has 0 amide bonds. The number of ether oxygens (including phenoxy) is 2. The average molecular weight is 378 g/mol. The first-order valence-corrected chi connectivity index (χ1v) is 9.52. The summed E-state index contributed by atoms with van der Waals surface area (Å²) in [6.07, 6.45) is 1.35. The van der Waals surface area contributed by atoms with Crippen LogP contribution in [-0.4, -0.2) is 20.0 Å². The normalized spacial score (nSPS) is 20.3. The maximum Gasteiger partial charge on any atom is 0.163 e. The molecule has 0 fully saturated rings. The first kappa shape index (κ1) is 18.4. The van der Waals surface area contributed by atoms with Crippen LogP contribution in [-0.2, 0) is 4.79 Å². The molecule has 28 heavy (non-hydrogen) atoms. The Morgan fingerprint density at radius 2 is 1.75 bits per heavy atom. The maximum atomic E-state index is 13.3. The molecule has 146 valence electrons. The molecule has 5 heteroatoms. The Bertz CT molecular complexity index is 962. The van der Waals surface area contributed by atoms with Crippen LogP contribution in [0.2, 0.25) is 0 Å². The van der Waals surface area contributed by atoms with E-state index in [1.807, 2.05) is 42.5 Å². The minimum atomic E-state index is -0.296. The second-order valence-corrected chi connectivity index (χ2v) is 8.19. The van der Waals surface area contributed by atoms with Gasteiger partial charge in [0.25, 0.3) is 0 Å². The minimum absolute atomic E-state index is 0.0727. The predicted molar refractivity (Wildman–Crippen MR) is 111 cm³/mol. The van der Waals surface area contributed by atoms with Crippen molar-refractivity contribution >= 4 is 17.2 Å². The highest BCUT2D eigenvalue weighted by Crippen LogP contribution is 2.47. The zero-order valence-electron chi connectivity index (χ0n) is 16.8. The average Bonchev–Trinajstić information content (AvgIpc) is 2.82. The van der Waals surface area contributed by atoms with Crippen molar-refractivity contribution in [1.82, 2.24) is 0 Å². The standard InChI is InChI=1S/C23H26N2O3/c1-23(2)12-18-21(19(26)13-23)22(25-17-8-6-5-7-16(17)24-18)15-10-9-14(27-3)11-20(15)28-4/h5-11,22,24-25H,12-13H2,1-4H3. The van der Waals surface area contributed by atoms with Crippen LogP contribution in [0.1, 0.15) is 38.3 Å². The van der Waals surface area contributed by atoms with Gasteiger partial charge in [0.1, 0.15) is 11.5 Å². The molecule has 2 aliphatic rings. The Morgan fingerprint density at radius 1 is 1.00 bits per heavy atom. The SMILES string of the molecule is COc1ccc(C2Nc3ccccc3NC3=C2C(=O)CC(C)(C)C3)c(OC)c1. The van der Waals surface area contributed by atoms with Crippen molar-refractivity contribution in [2.75, 3.05) is 24.9 Å². The van der Waals surface area contributed by atoms with Crippen molar-refractivity contribution < 1.29 is 14.3 Å². The van der Waals surface area contributed by atoms with E-state index in [2.05, 4.69) is 24.5 Å². The molecular formula is C23H26N2O3. The van der Waals surface area contributed by atoms with Crippen molar-refractivity contribution in [2.45, 2.75) is 32.7 Å². The number of fused-ring (bicyclic) bond motifs is 1. The van der Waals surface area contributed by atoms with Crippen LogP contribution in [0.5, 0.6) is 11.5 Å². The van der Waals surface area contributed by atoms with Crippen LogP contribution in [0, 0.1) is 5.41 Å². The van der Waals surface area contributed by atoms with Gasteiger partial charge in [-0.1, -0.05) is 26.0 Å². The molecule has 2 aromatic rings. The van der Waals surface area contributed by atoms with E-state index in [1.165, 1.54) is 0 Å². The highest BCUT2D eigenvalue weighted by molar-refractivity contribution is 6.01. The number of ketones is 1. The van der Waals surface area contributed by atoms with E-state index < -0.39 is 0 Å². The molecule has 0 bridgehead atoms. The first-order chi connectivity index (χ1) is 13.4. The highest BCUT2D eigenvalue weighted by atomic mass is 16.5. The van der Waals surface area contributed by atoms with E-state index in [1.54, 1.807) is 14.2 Å². The number of benzene rings is 2. The molecule has 0 saturated carbocycles. The maximum absolute atomic E-state index is 13.3. The molecule has 1 aliphatic heterocycles. The third-order valence-corrected chi connectivity index (χ3v) is 5.47. The number of carbonyl (C=O) groups is 1. The molecular weight excluding hydrogens is 352 g/mol. The van der Waals surface area contributed by atoms with Crippen LogP contribution in [0.25, 0.3) is 0 Å². The predicted octanol–water partition coefficient (Wildman–Crippen LogP) is 4.93. The van der Waals surface area contributed by atoms with E-state index in [4.69, 9.17) is 9.47 Å². The number of Topliss-reactive ketones (excluding diaryl/α,β-unsaturated/α-hetero) is 1. The summed E-state index contributed by atoms with van der Waals surface area (Å²) < 4.78 is 11.0. The molecule has 1 atom stereocenters. The molecule has 1 unspecified atom stereocenters. The highest BCUT2D eigenvalue weighted by Gasteiger charge is 2.39. The summed E-state index contributed by atoms with van der Waals surface area (Å²) in [7, 11) is 3.27. The lowest BCUT2D eigenvalue weighted by Crippen LogP contribution is -2.31. The van der Waals surface area contributed by atoms with Gasteiger partial charge in [-0.05, 0) is 36.1 Å². The molecule has 0 spiro atoms. The summed E-state index contributed by atoms with van der Waals surface area (Å²) in [4.78, 5) is 13.3. The van der Waals surface area contributed by atoms with Crippen molar-refractivity contribution in [3.05, 3.63) is 59.3 Å². The lowest BCUT2D eigenvalue weighted by atomic mass is 9.73. The molecule has 0 saturated heterocycles. The van der Waals surface area contributed by atoms with Crippen LogP contribution in [0.4, 0.5) is 11.4 Å². The van der Waals surface area contributed by atoms with Crippen LogP contribution >= 0.6 is 0 Å². The smallest absolute Gasteiger partial charge is 0.163 e. The lowest BCUT2D eigenvalue weighted by Gasteiger charge is -2.34. The summed E-state index contributed by atoms with van der Waals surface area (Å²) in [5, 5.41) is 7.12. The number of hydrogen-bond acceptors (Lipinski definition) is 5. The zero-order chi connectivity index (χ0) is 19.9. The summed E-state index contributed by atoms with van der Waals surface area (Å²) in [5.74, 6) is 1.58. The Morgan fingerprint density at radius 3 is 2.46 bits per heavy atom. The van der Waals surface area contributed by atoms with E-state index in [-0.39, 0.29) is 17.2 Å². The Hall–Kier alpha value is -2.95. The first-order valence-electron chi connectivity index (χ1n) is 9.52. The fraction of sp³-hybridized carbons (Fsp3) is 0.348. The summed E-state index contributed by atoms with van der Waals surface area (Å²) in [6.45, 7) is 4.28. The fourth-order valence-corrected chi connectivity index (χ4v) is 4.18. The molecule has 1 aliphatic carbocycles. The quantitative estimate of drug-likeness (QED) is 0.793. The van der Waals surface area contributed by atoms with Crippen molar-refractivity contribution in [3.8, 4) is 11.5 Å². The summed E-state index contributed by atoms with van der Waals surface area (Å²) in [6, 6.07) is 13.5. The number of allylic oxidation sites excluding steroid dienone is 1. The van der Waals surface area contributed by atoms with Crippen LogP contribution in [0.15, 0.2) is 53.7 Å². The van der Waals surface area contributed by atoms with Gasteiger partial charge in [-0.25, -0.2) is 0 Å². The third kappa shape index (κ3) is 3.21. The number of anilines is 2. The molecule has 0 radical (unpaired) electrons. The molecule has 2 N–H and O–H groups in total. The van der Waals surface area contributed by atoms with E-state index in [0.717, 1.165) is 40.4 Å². The number of carbonyl (C=O) groups excluding carboxylic acids is 1. The summed E-state index contributed by atoms with van der Waals surface area (Å²) >= 11 is 0. The van der Waals surface area contributed by atoms with Crippen LogP contribution in [0.3, 0.4) is 0 Å². The topological polar surface area (TPSA) is 59.6 Å². The van der Waals surface area contributed by atoms with E-state index in [9.17, 15) is 4.79 Å². The van der Waals surface area contributed by atoms with Gasteiger partial charge in [-0.3, -0.25) is 4.79 Å². The molecule has 4 rings (SSSR count). The zero-order valence-corrected chi connectivity index (χ0v) is 16.8. The Kier molecular flexibility index (Phi) is 4.53. The van der Waals surface area contributed by atoms with Crippen molar-refractivity contribution in [2.24, 2.45) is 5.41 Å². The summed E-state index contributed by atoms with van der Waals surface area (Å²) in [5.41, 5.74) is 4.57. The third-order valence-electron chi connectivity index (χ3n) is 5.47. The van der Waals surface area contributed by atoms with Gasteiger partial charge < -0.3 is 20.1 Å². The molecule has 2 aromatic carbocycles. The second kappa shape index (κ2) is 6.89. The van der Waals surface area contributed by atoms with Gasteiger partial charge in [-0.2, -0.15) is 0 Å². The fourth-order valence-electron chi connectivity index (χ4n) is 4.18. The second-order valence-electron chi connectivity index (χ2n) is 8.19. The largest absolute Gasteiger partial charge is 0.497 e. The monoisotopic (exact) mass is 378 g/mol. The number of nitrogens with one attached hydrogen (secondary N) is 2. The lowest BCUT2D eigenvalue weighted by molar-refractivity contribution is -0.118. The van der Waals surface area contributed by atoms with Gasteiger partial charge >= 0.3 is 0 Å². The van der Waals surface area contributed by atoms with E-state index >= 15 is 0 Å². The molecule has 0 aromatic heterocycles. The number of rotatable bonds is 3. The van der Waals surface area contributed by atoms with Gasteiger partial charge in [-0.15, -0.1) is 0 Å². The molecule has 5 nitrogen and oxygen atoms in total. The Balaban J connectivity index is 1.90. The van der Waals surface area contributed by atoms with Gasteiger partial charge in [0.05, 0.1) is 31.6 Å². The van der Waals surface area contributed by atoms with Gasteiger partial charge in [0.15, 0.2) is 5.78 Å². The number of hydrogen-bond donors (Lipinski definition) is 2. The van der Waals surface area contributed by atoms with Gasteiger partial charge in [0, 0.05) is 29.3 Å². The van der Waals surface area contributed by atoms with Crippen molar-refractivity contribution in [1.29, 1.82) is 0 Å². The van der Waals surface area contributed by atoms with Gasteiger partial charge in [0.2, 0.25) is 0 Å². The Labute approximate surface area is 165 Å². The minimum Gasteiger partial charge on any atom is -0.497 e. The van der Waals surface area contributed by atoms with Crippen LogP contribution < -0.4 is 20.1 Å². The number of methoxy groups -OCH3 is 2. The number of para-hydroxylation sites is 2. The molecule has 1 heterocycles. The van der Waals surface area contributed by atoms with E-state index in [0.29, 0.717) is 12.2 Å².